The average molecular weight is 270 g/mol. The zero-order valence-corrected chi connectivity index (χ0v) is 11.0. The summed E-state index contributed by atoms with van der Waals surface area (Å²) >= 11 is 0. The lowest BCUT2D eigenvalue weighted by molar-refractivity contribution is -0.137. The smallest absolute Gasteiger partial charge is 0.379 e. The van der Waals surface area contributed by atoms with Crippen LogP contribution in [-0.4, -0.2) is 32.6 Å². The lowest BCUT2D eigenvalue weighted by atomic mass is 10.0. The minimum atomic E-state index is -1.01. The number of benzene rings is 1. The molecular weight excluding hydrogens is 255 g/mol. The number of ether oxygens (including phenoxy) is 3. The summed E-state index contributed by atoms with van der Waals surface area (Å²) in [5.74, 6) is -2.50. The van der Waals surface area contributed by atoms with Gasteiger partial charge in [-0.3, -0.25) is 4.79 Å². The van der Waals surface area contributed by atoms with Crippen LogP contribution in [0, 0.1) is 5.82 Å². The molecule has 0 unspecified atom stereocenters. The molecule has 0 saturated carbocycles. The second-order valence-corrected chi connectivity index (χ2v) is 3.62. The van der Waals surface area contributed by atoms with Crippen LogP contribution < -0.4 is 4.74 Å². The number of carbonyl (C=O) groups excluding carboxylic acids is 2. The van der Waals surface area contributed by atoms with Crippen LogP contribution in [0.25, 0.3) is 0 Å². The highest BCUT2D eigenvalue weighted by Gasteiger charge is 2.25. The van der Waals surface area contributed by atoms with Gasteiger partial charge in [-0.15, -0.1) is 0 Å². The first-order valence-electron chi connectivity index (χ1n) is 5.61. The molecule has 0 aliphatic rings. The maximum Gasteiger partial charge on any atom is 0.379 e. The summed E-state index contributed by atoms with van der Waals surface area (Å²) in [6, 6.07) is 2.16. The third-order valence-electron chi connectivity index (χ3n) is 2.36. The van der Waals surface area contributed by atoms with Gasteiger partial charge in [0.25, 0.3) is 5.78 Å². The number of ketones is 1. The molecule has 6 heteroatoms. The lowest BCUT2D eigenvalue weighted by Crippen LogP contribution is -2.20. The van der Waals surface area contributed by atoms with E-state index in [1.807, 2.05) is 0 Å². The van der Waals surface area contributed by atoms with Gasteiger partial charge >= 0.3 is 5.97 Å². The molecular formula is C13H15FO5. The molecule has 0 bridgehead atoms. The van der Waals surface area contributed by atoms with E-state index in [1.54, 1.807) is 6.92 Å². The maximum absolute atomic E-state index is 13.4. The zero-order valence-electron chi connectivity index (χ0n) is 11.0. The molecule has 0 N–H and O–H groups in total. The van der Waals surface area contributed by atoms with Gasteiger partial charge in [-0.25, -0.2) is 9.18 Å². The standard InChI is InChI=1S/C13H15FO5/c1-4-19-13(16)12(15)11-8(7-17-2)5-9(14)6-10(11)18-3/h5-6H,4,7H2,1-3H3. The van der Waals surface area contributed by atoms with E-state index >= 15 is 0 Å². The summed E-state index contributed by atoms with van der Waals surface area (Å²) in [5.41, 5.74) is 0.196. The summed E-state index contributed by atoms with van der Waals surface area (Å²) in [6.45, 7) is 1.64. The van der Waals surface area contributed by atoms with Crippen LogP contribution in [0.4, 0.5) is 4.39 Å². The lowest BCUT2D eigenvalue weighted by Gasteiger charge is -2.12. The predicted molar refractivity (Wildman–Crippen MR) is 64.6 cm³/mol. The van der Waals surface area contributed by atoms with Crippen LogP contribution in [0.5, 0.6) is 5.75 Å². The highest BCUT2D eigenvalue weighted by molar-refractivity contribution is 6.41. The molecule has 1 rings (SSSR count). The molecule has 0 spiro atoms. The largest absolute Gasteiger partial charge is 0.496 e. The monoisotopic (exact) mass is 270 g/mol. The van der Waals surface area contributed by atoms with Gasteiger partial charge in [0.15, 0.2) is 0 Å². The maximum atomic E-state index is 13.4. The zero-order chi connectivity index (χ0) is 14.4. The van der Waals surface area contributed by atoms with E-state index in [-0.39, 0.29) is 30.1 Å². The van der Waals surface area contributed by atoms with Gasteiger partial charge in [-0.1, -0.05) is 0 Å². The third kappa shape index (κ3) is 3.51. The number of hydrogen-bond acceptors (Lipinski definition) is 5. The highest BCUT2D eigenvalue weighted by atomic mass is 19.1. The molecule has 5 nitrogen and oxygen atoms in total. The van der Waals surface area contributed by atoms with Crippen molar-refractivity contribution in [1.82, 2.24) is 0 Å². The normalized spacial score (nSPS) is 10.1. The van der Waals surface area contributed by atoms with Gasteiger partial charge in [0.2, 0.25) is 0 Å². The first kappa shape index (κ1) is 15.1. The van der Waals surface area contributed by atoms with E-state index in [1.165, 1.54) is 14.2 Å². The van der Waals surface area contributed by atoms with Crippen LogP contribution in [0.15, 0.2) is 12.1 Å². The molecule has 104 valence electrons. The number of carbonyl (C=O) groups is 2. The van der Waals surface area contributed by atoms with E-state index in [9.17, 15) is 14.0 Å². The van der Waals surface area contributed by atoms with E-state index in [4.69, 9.17) is 9.47 Å². The Morgan fingerprint density at radius 1 is 1.26 bits per heavy atom. The van der Waals surface area contributed by atoms with Crippen LogP contribution in [-0.2, 0) is 20.9 Å². The van der Waals surface area contributed by atoms with Gasteiger partial charge in [-0.05, 0) is 18.6 Å². The van der Waals surface area contributed by atoms with Gasteiger partial charge in [0, 0.05) is 13.2 Å². The number of esters is 1. The quantitative estimate of drug-likeness (QED) is 0.447. The minimum absolute atomic E-state index is 0.0192. The molecule has 0 aliphatic heterocycles. The third-order valence-corrected chi connectivity index (χ3v) is 2.36. The van der Waals surface area contributed by atoms with Crippen LogP contribution in [0.1, 0.15) is 22.8 Å². The van der Waals surface area contributed by atoms with E-state index in [2.05, 4.69) is 4.74 Å². The Bertz CT molecular complexity index is 484. The van der Waals surface area contributed by atoms with E-state index < -0.39 is 17.6 Å². The van der Waals surface area contributed by atoms with Crippen LogP contribution >= 0.6 is 0 Å². The first-order chi connectivity index (χ1) is 9.04. The Balaban J connectivity index is 3.29. The molecule has 0 aromatic heterocycles. The molecule has 0 aliphatic carbocycles. The Hall–Kier alpha value is -1.95. The van der Waals surface area contributed by atoms with Crippen molar-refractivity contribution in [3.8, 4) is 5.75 Å². The summed E-state index contributed by atoms with van der Waals surface area (Å²) in [7, 11) is 2.68. The Morgan fingerprint density at radius 2 is 1.95 bits per heavy atom. The van der Waals surface area contributed by atoms with Gasteiger partial charge in [0.05, 0.1) is 25.9 Å². The summed E-state index contributed by atoms with van der Waals surface area (Å²) in [4.78, 5) is 23.5. The molecule has 0 fully saturated rings. The Labute approximate surface area is 110 Å². The number of methoxy groups -OCH3 is 2. The SMILES string of the molecule is CCOC(=O)C(=O)c1c(COC)cc(F)cc1OC. The Morgan fingerprint density at radius 3 is 2.47 bits per heavy atom. The Kier molecular flexibility index (Phi) is 5.44. The number of halogens is 1. The fourth-order valence-corrected chi connectivity index (χ4v) is 1.62. The molecule has 0 radical (unpaired) electrons. The fourth-order valence-electron chi connectivity index (χ4n) is 1.62. The number of hydrogen-bond donors (Lipinski definition) is 0. The van der Waals surface area contributed by atoms with Gasteiger partial charge < -0.3 is 14.2 Å². The van der Waals surface area contributed by atoms with Crippen LogP contribution in [0.3, 0.4) is 0 Å². The molecule has 19 heavy (non-hydrogen) atoms. The topological polar surface area (TPSA) is 61.8 Å². The summed E-state index contributed by atoms with van der Waals surface area (Å²) in [5, 5.41) is 0. The molecule has 0 atom stereocenters. The molecule has 0 heterocycles. The molecule has 0 amide bonds. The van der Waals surface area contributed by atoms with Crippen molar-refractivity contribution < 1.29 is 28.2 Å². The van der Waals surface area contributed by atoms with Gasteiger partial charge in [-0.2, -0.15) is 0 Å². The van der Waals surface area contributed by atoms with E-state index in [0.29, 0.717) is 0 Å². The van der Waals surface area contributed by atoms with Gasteiger partial charge in [0.1, 0.15) is 11.6 Å². The minimum Gasteiger partial charge on any atom is -0.496 e. The average Bonchev–Trinajstić information content (AvgIpc) is 2.38. The molecule has 1 aromatic rings. The van der Waals surface area contributed by atoms with E-state index in [0.717, 1.165) is 12.1 Å². The predicted octanol–water partition coefficient (Wildman–Crippen LogP) is 1.73. The summed E-state index contributed by atoms with van der Waals surface area (Å²) in [6.07, 6.45) is 0. The van der Waals surface area contributed by atoms with Crippen LogP contribution in [0.2, 0.25) is 0 Å². The highest BCUT2D eigenvalue weighted by Crippen LogP contribution is 2.26. The molecule has 0 saturated heterocycles. The van der Waals surface area contributed by atoms with Crippen molar-refractivity contribution in [1.29, 1.82) is 0 Å². The van der Waals surface area contributed by atoms with Crippen molar-refractivity contribution in [3.63, 3.8) is 0 Å². The van der Waals surface area contributed by atoms with Crippen molar-refractivity contribution in [3.05, 3.63) is 29.1 Å². The van der Waals surface area contributed by atoms with Crippen molar-refractivity contribution in [2.75, 3.05) is 20.8 Å². The second-order valence-electron chi connectivity index (χ2n) is 3.62. The summed E-state index contributed by atoms with van der Waals surface area (Å²) < 4.78 is 27.8. The molecule has 1 aromatic carbocycles. The fraction of sp³-hybridized carbons (Fsp3) is 0.385. The van der Waals surface area contributed by atoms with Crippen molar-refractivity contribution >= 4 is 11.8 Å². The second kappa shape index (κ2) is 6.84. The number of rotatable bonds is 6. The number of Topliss-reactive ketones (excluding diaryl/α,β-unsaturated/α-hetero) is 1. The van der Waals surface area contributed by atoms with Crippen molar-refractivity contribution in [2.24, 2.45) is 0 Å². The first-order valence-corrected chi connectivity index (χ1v) is 5.61. The van der Waals surface area contributed by atoms with Crippen molar-refractivity contribution in [2.45, 2.75) is 13.5 Å².